The van der Waals surface area contributed by atoms with E-state index in [4.69, 9.17) is 9.26 Å². The molecule has 2 aromatic carbocycles. The number of nitrogens with zero attached hydrogens (tertiary/aromatic N) is 3. The van der Waals surface area contributed by atoms with Crippen LogP contribution in [0.25, 0.3) is 11.4 Å². The molecule has 1 amide bonds. The Kier molecular flexibility index (Phi) is 5.97. The Bertz CT molecular complexity index is 996. The third-order valence-electron chi connectivity index (χ3n) is 5.02. The third-order valence-corrected chi connectivity index (χ3v) is 5.02. The smallest absolute Gasteiger partial charge is 0.227 e. The average molecular weight is 407 g/mol. The first kappa shape index (κ1) is 19.9. The molecule has 7 nitrogen and oxygen atoms in total. The maximum atomic E-state index is 12.8. The monoisotopic (exact) mass is 407 g/mol. The van der Waals surface area contributed by atoms with Crippen LogP contribution in [0.4, 0.5) is 0 Å². The molecule has 1 N–H and O–H groups in total. The Balaban J connectivity index is 1.36. The van der Waals surface area contributed by atoms with E-state index in [1.807, 2.05) is 42.2 Å². The van der Waals surface area contributed by atoms with Crippen LogP contribution in [0.1, 0.15) is 37.6 Å². The lowest BCUT2D eigenvalue weighted by molar-refractivity contribution is -0.132. The van der Waals surface area contributed by atoms with Gasteiger partial charge in [0.15, 0.2) is 0 Å². The molecule has 0 aliphatic heterocycles. The molecule has 0 spiro atoms. The third kappa shape index (κ3) is 4.97. The van der Waals surface area contributed by atoms with Gasteiger partial charge in [-0.2, -0.15) is 4.98 Å². The Hall–Kier alpha value is -3.35. The Morgan fingerprint density at radius 3 is 2.73 bits per heavy atom. The molecular formula is C23H25N3O4. The summed E-state index contributed by atoms with van der Waals surface area (Å²) in [7, 11) is 0. The number of carbonyl (C=O) groups is 1. The summed E-state index contributed by atoms with van der Waals surface area (Å²) in [5, 5.41) is 13.7. The Morgan fingerprint density at radius 1 is 1.23 bits per heavy atom. The fraction of sp³-hybridized carbons (Fsp3) is 0.348. The zero-order chi connectivity index (χ0) is 20.9. The molecule has 1 fully saturated rings. The minimum Gasteiger partial charge on any atom is -0.508 e. The van der Waals surface area contributed by atoms with Crippen LogP contribution in [0, 0.1) is 0 Å². The van der Waals surface area contributed by atoms with E-state index in [1.54, 1.807) is 18.2 Å². The van der Waals surface area contributed by atoms with Gasteiger partial charge >= 0.3 is 0 Å². The van der Waals surface area contributed by atoms with Gasteiger partial charge in [0, 0.05) is 31.0 Å². The molecule has 156 valence electrons. The normalized spacial score (nSPS) is 13.2. The van der Waals surface area contributed by atoms with Crippen molar-refractivity contribution in [1.29, 1.82) is 0 Å². The number of amides is 1. The zero-order valence-corrected chi connectivity index (χ0v) is 17.0. The number of aromatic nitrogens is 2. The van der Waals surface area contributed by atoms with E-state index in [-0.39, 0.29) is 17.7 Å². The van der Waals surface area contributed by atoms with Crippen LogP contribution < -0.4 is 4.74 Å². The standard InChI is InChI=1S/C23H25N3O4/c1-2-29-20-10-6-17(7-11-20)23-24-21(30-25-23)12-13-22(28)26(18-8-9-18)15-16-4-3-5-19(27)14-16/h3-7,10-11,14,18,27H,2,8-9,12-13,15H2,1H3. The molecule has 0 saturated heterocycles. The molecule has 0 radical (unpaired) electrons. The van der Waals surface area contributed by atoms with Crippen molar-refractivity contribution in [1.82, 2.24) is 15.0 Å². The van der Waals surface area contributed by atoms with Gasteiger partial charge in [0.05, 0.1) is 6.61 Å². The number of hydrogen-bond acceptors (Lipinski definition) is 6. The summed E-state index contributed by atoms with van der Waals surface area (Å²) in [6.07, 6.45) is 2.74. The molecule has 3 aromatic rings. The summed E-state index contributed by atoms with van der Waals surface area (Å²) in [4.78, 5) is 19.1. The Morgan fingerprint density at radius 2 is 2.03 bits per heavy atom. The molecule has 1 aliphatic carbocycles. The van der Waals surface area contributed by atoms with Crippen molar-refractivity contribution in [3.8, 4) is 22.9 Å². The molecule has 1 aromatic heterocycles. The van der Waals surface area contributed by atoms with Crippen LogP contribution in [-0.2, 0) is 17.8 Å². The molecular weight excluding hydrogens is 382 g/mol. The largest absolute Gasteiger partial charge is 0.508 e. The van der Waals surface area contributed by atoms with Crippen molar-refractivity contribution >= 4 is 5.91 Å². The van der Waals surface area contributed by atoms with Crippen molar-refractivity contribution < 1.29 is 19.2 Å². The second-order valence-corrected chi connectivity index (χ2v) is 7.39. The maximum absolute atomic E-state index is 12.8. The number of ether oxygens (including phenoxy) is 1. The van der Waals surface area contributed by atoms with E-state index >= 15 is 0 Å². The zero-order valence-electron chi connectivity index (χ0n) is 17.0. The highest BCUT2D eigenvalue weighted by atomic mass is 16.5. The lowest BCUT2D eigenvalue weighted by Gasteiger charge is -2.22. The quantitative estimate of drug-likeness (QED) is 0.577. The van der Waals surface area contributed by atoms with Gasteiger partial charge in [-0.3, -0.25) is 4.79 Å². The lowest BCUT2D eigenvalue weighted by atomic mass is 10.2. The fourth-order valence-electron chi connectivity index (χ4n) is 3.36. The van der Waals surface area contributed by atoms with Gasteiger partial charge in [0.25, 0.3) is 0 Å². The summed E-state index contributed by atoms with van der Waals surface area (Å²) in [6, 6.07) is 14.8. The van der Waals surface area contributed by atoms with Crippen molar-refractivity contribution in [2.45, 2.75) is 45.2 Å². The minimum absolute atomic E-state index is 0.0571. The second-order valence-electron chi connectivity index (χ2n) is 7.39. The van der Waals surface area contributed by atoms with Crippen LogP contribution in [0.3, 0.4) is 0 Å². The minimum atomic E-state index is 0.0571. The lowest BCUT2D eigenvalue weighted by Crippen LogP contribution is -2.32. The number of rotatable bonds is 9. The maximum Gasteiger partial charge on any atom is 0.227 e. The van der Waals surface area contributed by atoms with Gasteiger partial charge < -0.3 is 19.3 Å². The van der Waals surface area contributed by atoms with E-state index in [1.165, 1.54) is 0 Å². The van der Waals surface area contributed by atoms with Crippen LogP contribution in [0.15, 0.2) is 53.1 Å². The highest BCUT2D eigenvalue weighted by molar-refractivity contribution is 5.77. The van der Waals surface area contributed by atoms with E-state index in [9.17, 15) is 9.90 Å². The first-order valence-corrected chi connectivity index (χ1v) is 10.3. The number of aromatic hydroxyl groups is 1. The van der Waals surface area contributed by atoms with E-state index in [2.05, 4.69) is 10.1 Å². The van der Waals surface area contributed by atoms with Crippen LogP contribution in [-0.4, -0.2) is 38.7 Å². The summed E-state index contributed by atoms with van der Waals surface area (Å²) < 4.78 is 10.8. The van der Waals surface area contributed by atoms with E-state index < -0.39 is 0 Å². The number of phenolic OH excluding ortho intramolecular Hbond substituents is 1. The van der Waals surface area contributed by atoms with Crippen molar-refractivity contribution in [3.05, 3.63) is 60.0 Å². The van der Waals surface area contributed by atoms with E-state index in [0.29, 0.717) is 37.7 Å². The van der Waals surface area contributed by atoms with E-state index in [0.717, 1.165) is 29.7 Å². The highest BCUT2D eigenvalue weighted by Gasteiger charge is 2.32. The first-order valence-electron chi connectivity index (χ1n) is 10.3. The molecule has 1 saturated carbocycles. The van der Waals surface area contributed by atoms with Crippen LogP contribution in [0.5, 0.6) is 11.5 Å². The van der Waals surface area contributed by atoms with Crippen molar-refractivity contribution in [2.24, 2.45) is 0 Å². The molecule has 0 bridgehead atoms. The summed E-state index contributed by atoms with van der Waals surface area (Å²) in [6.45, 7) is 3.05. The molecule has 1 heterocycles. The highest BCUT2D eigenvalue weighted by Crippen LogP contribution is 2.30. The van der Waals surface area contributed by atoms with Gasteiger partial charge in [-0.15, -0.1) is 0 Å². The molecule has 0 unspecified atom stereocenters. The predicted octanol–water partition coefficient (Wildman–Crippen LogP) is 3.96. The number of carbonyl (C=O) groups excluding carboxylic acids is 1. The van der Waals surface area contributed by atoms with Crippen molar-refractivity contribution in [2.75, 3.05) is 6.61 Å². The number of hydrogen-bond donors (Lipinski definition) is 1. The van der Waals surface area contributed by atoms with Gasteiger partial charge in [0.2, 0.25) is 17.6 Å². The molecule has 4 rings (SSSR count). The first-order chi connectivity index (χ1) is 14.6. The van der Waals surface area contributed by atoms with Crippen molar-refractivity contribution in [3.63, 3.8) is 0 Å². The predicted molar refractivity (Wildman–Crippen MR) is 111 cm³/mol. The second kappa shape index (κ2) is 8.98. The van der Waals surface area contributed by atoms with Crippen LogP contribution in [0.2, 0.25) is 0 Å². The summed E-state index contributed by atoms with van der Waals surface area (Å²) in [5.41, 5.74) is 1.76. The van der Waals surface area contributed by atoms with Gasteiger partial charge in [-0.25, -0.2) is 0 Å². The number of benzene rings is 2. The van der Waals surface area contributed by atoms with Gasteiger partial charge in [0.1, 0.15) is 11.5 Å². The fourth-order valence-corrected chi connectivity index (χ4v) is 3.36. The summed E-state index contributed by atoms with van der Waals surface area (Å²) >= 11 is 0. The SMILES string of the molecule is CCOc1ccc(-c2noc(CCC(=O)N(Cc3cccc(O)c3)C3CC3)n2)cc1. The van der Waals surface area contributed by atoms with Crippen LogP contribution >= 0.6 is 0 Å². The molecule has 0 atom stereocenters. The number of phenols is 1. The summed E-state index contributed by atoms with van der Waals surface area (Å²) in [5.74, 6) is 2.01. The Labute approximate surface area is 175 Å². The molecule has 7 heteroatoms. The van der Waals surface area contributed by atoms with Gasteiger partial charge in [-0.05, 0) is 61.7 Å². The average Bonchev–Trinajstić information content (AvgIpc) is 3.48. The van der Waals surface area contributed by atoms with Gasteiger partial charge in [-0.1, -0.05) is 17.3 Å². The number of aryl methyl sites for hydroxylation is 1. The molecule has 1 aliphatic rings. The topological polar surface area (TPSA) is 88.7 Å². The molecule has 30 heavy (non-hydrogen) atoms.